The molecule has 4 rings (SSSR count). The van der Waals surface area contributed by atoms with E-state index >= 15 is 0 Å². The van der Waals surface area contributed by atoms with E-state index in [4.69, 9.17) is 4.74 Å². The number of carbonyl (C=O) groups excluding carboxylic acids is 1. The maximum atomic E-state index is 13.1. The lowest BCUT2D eigenvalue weighted by molar-refractivity contribution is 0.0760. The quantitative estimate of drug-likeness (QED) is 0.564. The van der Waals surface area contributed by atoms with Crippen molar-refractivity contribution in [2.75, 3.05) is 26.2 Å². The van der Waals surface area contributed by atoms with Crippen molar-refractivity contribution in [1.29, 1.82) is 0 Å². The van der Waals surface area contributed by atoms with E-state index in [1.54, 1.807) is 11.3 Å². The Bertz CT molecular complexity index is 1020. The first-order chi connectivity index (χ1) is 15.1. The molecule has 0 radical (unpaired) electrons. The summed E-state index contributed by atoms with van der Waals surface area (Å²) < 4.78 is 5.87. The zero-order valence-corrected chi connectivity index (χ0v) is 19.0. The van der Waals surface area contributed by atoms with Crippen LogP contribution in [0, 0.1) is 13.8 Å². The summed E-state index contributed by atoms with van der Waals surface area (Å²) in [6, 6.07) is 16.2. The maximum absolute atomic E-state index is 13.1. The highest BCUT2D eigenvalue weighted by Crippen LogP contribution is 2.19. The second kappa shape index (κ2) is 10.1. The van der Waals surface area contributed by atoms with Crippen LogP contribution in [-0.4, -0.2) is 46.9 Å². The average Bonchev–Trinajstić information content (AvgIpc) is 3.06. The number of ether oxygens (including phenoxy) is 1. The van der Waals surface area contributed by atoms with Crippen LogP contribution in [-0.2, 0) is 13.2 Å². The summed E-state index contributed by atoms with van der Waals surface area (Å²) in [4.78, 5) is 22.0. The summed E-state index contributed by atoms with van der Waals surface area (Å²) in [6.45, 7) is 8.87. The van der Waals surface area contributed by atoms with Gasteiger partial charge in [-0.15, -0.1) is 11.3 Å². The van der Waals surface area contributed by atoms with Crippen molar-refractivity contribution in [3.05, 3.63) is 81.3 Å². The summed E-state index contributed by atoms with van der Waals surface area (Å²) in [5.41, 5.74) is 4.20. The Morgan fingerprint density at radius 1 is 1.06 bits per heavy atom. The van der Waals surface area contributed by atoms with Crippen LogP contribution in [0.25, 0.3) is 0 Å². The van der Waals surface area contributed by atoms with Gasteiger partial charge in [0, 0.05) is 43.7 Å². The highest BCUT2D eigenvalue weighted by Gasteiger charge is 2.21. The predicted octanol–water partition coefficient (Wildman–Crippen LogP) is 4.69. The number of rotatable bonds is 6. The Morgan fingerprint density at radius 3 is 2.68 bits per heavy atom. The van der Waals surface area contributed by atoms with Crippen molar-refractivity contribution in [1.82, 2.24) is 14.8 Å². The summed E-state index contributed by atoms with van der Waals surface area (Å²) in [7, 11) is 0. The molecule has 1 aromatic heterocycles. The number of benzene rings is 2. The maximum Gasteiger partial charge on any atom is 0.254 e. The van der Waals surface area contributed by atoms with Crippen molar-refractivity contribution < 1.29 is 9.53 Å². The van der Waals surface area contributed by atoms with Crippen LogP contribution in [0.4, 0.5) is 0 Å². The van der Waals surface area contributed by atoms with Gasteiger partial charge < -0.3 is 9.64 Å². The molecule has 162 valence electrons. The molecule has 0 saturated carbocycles. The van der Waals surface area contributed by atoms with E-state index in [0.29, 0.717) is 17.9 Å². The molecule has 0 N–H and O–H groups in total. The first kappa shape index (κ1) is 21.5. The smallest absolute Gasteiger partial charge is 0.254 e. The molecular formula is C25H29N3O2S. The van der Waals surface area contributed by atoms with Gasteiger partial charge in [0.2, 0.25) is 0 Å². The van der Waals surface area contributed by atoms with Crippen LogP contribution in [0.5, 0.6) is 5.75 Å². The molecular weight excluding hydrogens is 406 g/mol. The monoisotopic (exact) mass is 435 g/mol. The van der Waals surface area contributed by atoms with Crippen molar-refractivity contribution in [2.24, 2.45) is 0 Å². The average molecular weight is 436 g/mol. The minimum Gasteiger partial charge on any atom is -0.487 e. The molecule has 2 aromatic carbocycles. The molecule has 1 aliphatic rings. The highest BCUT2D eigenvalue weighted by molar-refractivity contribution is 7.09. The van der Waals surface area contributed by atoms with Gasteiger partial charge in [0.1, 0.15) is 12.4 Å². The van der Waals surface area contributed by atoms with E-state index < -0.39 is 0 Å². The van der Waals surface area contributed by atoms with Gasteiger partial charge in [-0.3, -0.25) is 9.69 Å². The SMILES string of the molecule is Cc1ccc(CN2CCCN(C(=O)c3cccc(OCc4csc(C)n4)c3)CC2)cc1. The largest absolute Gasteiger partial charge is 0.487 e. The summed E-state index contributed by atoms with van der Waals surface area (Å²) in [6.07, 6.45) is 0.983. The Hall–Kier alpha value is -2.70. The molecule has 0 spiro atoms. The number of aromatic nitrogens is 1. The molecule has 3 aromatic rings. The van der Waals surface area contributed by atoms with Crippen molar-refractivity contribution in [3.8, 4) is 5.75 Å². The first-order valence-electron chi connectivity index (χ1n) is 10.8. The van der Waals surface area contributed by atoms with E-state index in [9.17, 15) is 4.79 Å². The Morgan fingerprint density at radius 2 is 1.90 bits per heavy atom. The Balaban J connectivity index is 1.34. The second-order valence-electron chi connectivity index (χ2n) is 8.08. The normalized spacial score (nSPS) is 15.0. The lowest BCUT2D eigenvalue weighted by atomic mass is 10.1. The van der Waals surface area contributed by atoms with Gasteiger partial charge in [-0.05, 0) is 44.0 Å². The van der Waals surface area contributed by atoms with Gasteiger partial charge in [-0.2, -0.15) is 0 Å². The first-order valence-corrected chi connectivity index (χ1v) is 11.7. The van der Waals surface area contributed by atoms with Gasteiger partial charge in [0.05, 0.1) is 10.7 Å². The molecule has 31 heavy (non-hydrogen) atoms. The molecule has 5 nitrogen and oxygen atoms in total. The van der Waals surface area contributed by atoms with E-state index in [1.165, 1.54) is 11.1 Å². The Labute approximate surface area is 188 Å². The molecule has 6 heteroatoms. The highest BCUT2D eigenvalue weighted by atomic mass is 32.1. The zero-order chi connectivity index (χ0) is 21.6. The lowest BCUT2D eigenvalue weighted by Crippen LogP contribution is -2.35. The van der Waals surface area contributed by atoms with Crippen LogP contribution in [0.2, 0.25) is 0 Å². The van der Waals surface area contributed by atoms with Crippen LogP contribution in [0.15, 0.2) is 53.9 Å². The number of hydrogen-bond donors (Lipinski definition) is 0. The van der Waals surface area contributed by atoms with Crippen molar-refractivity contribution in [2.45, 2.75) is 33.4 Å². The molecule has 0 bridgehead atoms. The molecule has 1 amide bonds. The Kier molecular flexibility index (Phi) is 6.99. The van der Waals surface area contributed by atoms with Gasteiger partial charge in [0.25, 0.3) is 5.91 Å². The van der Waals surface area contributed by atoms with Crippen molar-refractivity contribution in [3.63, 3.8) is 0 Å². The molecule has 1 fully saturated rings. The van der Waals surface area contributed by atoms with E-state index in [1.807, 2.05) is 41.5 Å². The molecule has 0 atom stereocenters. The third-order valence-corrected chi connectivity index (χ3v) is 6.36. The summed E-state index contributed by atoms with van der Waals surface area (Å²) in [5.74, 6) is 0.777. The topological polar surface area (TPSA) is 45.7 Å². The lowest BCUT2D eigenvalue weighted by Gasteiger charge is -2.22. The number of amides is 1. The van der Waals surface area contributed by atoms with Gasteiger partial charge in [-0.1, -0.05) is 35.9 Å². The third kappa shape index (κ3) is 5.93. The zero-order valence-electron chi connectivity index (χ0n) is 18.2. The number of nitrogens with zero attached hydrogens (tertiary/aromatic N) is 3. The van der Waals surface area contributed by atoms with E-state index in [0.717, 1.165) is 49.8 Å². The van der Waals surface area contributed by atoms with Crippen LogP contribution < -0.4 is 4.74 Å². The number of hydrogen-bond acceptors (Lipinski definition) is 5. The van der Waals surface area contributed by atoms with Crippen LogP contribution in [0.3, 0.4) is 0 Å². The predicted molar refractivity (Wildman–Crippen MR) is 125 cm³/mol. The minimum atomic E-state index is 0.0761. The minimum absolute atomic E-state index is 0.0761. The van der Waals surface area contributed by atoms with E-state index in [-0.39, 0.29) is 5.91 Å². The fraction of sp³-hybridized carbons (Fsp3) is 0.360. The fourth-order valence-corrected chi connectivity index (χ4v) is 4.41. The van der Waals surface area contributed by atoms with Gasteiger partial charge >= 0.3 is 0 Å². The third-order valence-electron chi connectivity index (χ3n) is 5.54. The number of carbonyl (C=O) groups is 1. The number of aryl methyl sites for hydroxylation is 2. The van der Waals surface area contributed by atoms with E-state index in [2.05, 4.69) is 41.1 Å². The molecule has 0 unspecified atom stereocenters. The molecule has 0 aliphatic carbocycles. The van der Waals surface area contributed by atoms with Gasteiger partial charge in [-0.25, -0.2) is 4.98 Å². The van der Waals surface area contributed by atoms with Gasteiger partial charge in [0.15, 0.2) is 0 Å². The molecule has 1 aliphatic heterocycles. The summed E-state index contributed by atoms with van der Waals surface area (Å²) >= 11 is 1.61. The standard InChI is InChI=1S/C25H29N3O2S/c1-19-7-9-21(10-8-19)16-27-11-4-12-28(14-13-27)25(29)22-5-3-6-24(15-22)30-17-23-18-31-20(2)26-23/h3,5-10,15,18H,4,11-14,16-17H2,1-2H3. The summed E-state index contributed by atoms with van der Waals surface area (Å²) in [5, 5.41) is 3.03. The fourth-order valence-electron chi connectivity index (χ4n) is 3.82. The van der Waals surface area contributed by atoms with Crippen LogP contribution >= 0.6 is 11.3 Å². The molecule has 2 heterocycles. The number of thiazole rings is 1. The van der Waals surface area contributed by atoms with Crippen molar-refractivity contribution >= 4 is 17.2 Å². The second-order valence-corrected chi connectivity index (χ2v) is 9.14. The van der Waals surface area contributed by atoms with Crippen LogP contribution in [0.1, 0.15) is 38.6 Å². The molecule has 1 saturated heterocycles.